The average molecular weight is 466 g/mol. The zero-order chi connectivity index (χ0) is 23.0. The van der Waals surface area contributed by atoms with Gasteiger partial charge in [-0.25, -0.2) is 4.79 Å². The molecule has 0 fully saturated rings. The number of halogens is 4. The number of esters is 1. The summed E-state index contributed by atoms with van der Waals surface area (Å²) < 4.78 is 45.0. The van der Waals surface area contributed by atoms with Crippen LogP contribution in [0.3, 0.4) is 0 Å². The maximum absolute atomic E-state index is 13.0. The van der Waals surface area contributed by atoms with Gasteiger partial charge in [0.05, 0.1) is 27.8 Å². The monoisotopic (exact) mass is 465 g/mol. The molecule has 7 nitrogen and oxygen atoms in total. The highest BCUT2D eigenvalue weighted by molar-refractivity contribution is 7.18. The van der Waals surface area contributed by atoms with Gasteiger partial charge in [0, 0.05) is 0 Å². The van der Waals surface area contributed by atoms with Crippen molar-refractivity contribution in [2.45, 2.75) is 46.8 Å². The van der Waals surface area contributed by atoms with Crippen molar-refractivity contribution in [1.29, 1.82) is 0 Å². The van der Waals surface area contributed by atoms with E-state index in [2.05, 4.69) is 10.4 Å². The molecule has 164 valence electrons. The van der Waals surface area contributed by atoms with Crippen molar-refractivity contribution in [3.05, 3.63) is 32.4 Å². The number of carbonyl (C=O) groups excluding carboxylic acids is 3. The SMILES string of the molecule is CCOC(=O)c1c(NC(=O)C(C)n2nc(C(F)(F)F)c(Cl)c2C)sc(C(C)=O)c1C. The lowest BCUT2D eigenvalue weighted by molar-refractivity contribution is -0.141. The number of Topliss-reactive ketones (excluding diaryl/α,β-unsaturated/α-hetero) is 1. The predicted octanol–water partition coefficient (Wildman–Crippen LogP) is 4.81. The molecule has 2 aromatic rings. The van der Waals surface area contributed by atoms with E-state index in [4.69, 9.17) is 16.3 Å². The lowest BCUT2D eigenvalue weighted by atomic mass is 10.1. The number of rotatable bonds is 6. The Labute approximate surface area is 179 Å². The maximum Gasteiger partial charge on any atom is 0.436 e. The Hall–Kier alpha value is -2.40. The van der Waals surface area contributed by atoms with Gasteiger partial charge in [0.15, 0.2) is 11.5 Å². The fourth-order valence-corrected chi connectivity index (χ4v) is 4.10. The van der Waals surface area contributed by atoms with E-state index in [1.54, 1.807) is 13.8 Å². The van der Waals surface area contributed by atoms with Crippen LogP contribution in [-0.4, -0.2) is 34.0 Å². The molecule has 0 spiro atoms. The maximum atomic E-state index is 13.0. The number of amides is 1. The van der Waals surface area contributed by atoms with Crippen LogP contribution in [0.15, 0.2) is 0 Å². The summed E-state index contributed by atoms with van der Waals surface area (Å²) in [5, 5.41) is 5.41. The summed E-state index contributed by atoms with van der Waals surface area (Å²) in [7, 11) is 0. The molecule has 0 aliphatic carbocycles. The summed E-state index contributed by atoms with van der Waals surface area (Å²) in [5.41, 5.74) is -0.950. The molecule has 0 aliphatic heterocycles. The topological polar surface area (TPSA) is 90.3 Å². The third kappa shape index (κ3) is 4.51. The minimum atomic E-state index is -4.78. The van der Waals surface area contributed by atoms with Crippen molar-refractivity contribution in [3.63, 3.8) is 0 Å². The second kappa shape index (κ2) is 8.76. The van der Waals surface area contributed by atoms with Crippen LogP contribution in [-0.2, 0) is 15.7 Å². The fraction of sp³-hybridized carbons (Fsp3) is 0.444. The van der Waals surface area contributed by atoms with Crippen molar-refractivity contribution in [1.82, 2.24) is 9.78 Å². The molecule has 2 aromatic heterocycles. The third-order valence-corrected chi connectivity index (χ3v) is 6.04. The Kier molecular flexibility index (Phi) is 6.97. The van der Waals surface area contributed by atoms with Gasteiger partial charge < -0.3 is 10.1 Å². The average Bonchev–Trinajstić information content (AvgIpc) is 3.11. The summed E-state index contributed by atoms with van der Waals surface area (Å²) in [6, 6.07) is -1.18. The van der Waals surface area contributed by atoms with Gasteiger partial charge in [0.2, 0.25) is 5.91 Å². The molecule has 1 unspecified atom stereocenters. The van der Waals surface area contributed by atoms with E-state index in [0.717, 1.165) is 16.0 Å². The van der Waals surface area contributed by atoms with E-state index in [1.807, 2.05) is 0 Å². The summed E-state index contributed by atoms with van der Waals surface area (Å²) >= 11 is 6.62. The van der Waals surface area contributed by atoms with E-state index >= 15 is 0 Å². The lowest BCUT2D eigenvalue weighted by Crippen LogP contribution is -2.26. The van der Waals surface area contributed by atoms with E-state index in [0.29, 0.717) is 5.56 Å². The smallest absolute Gasteiger partial charge is 0.436 e. The van der Waals surface area contributed by atoms with Crippen LogP contribution in [0, 0.1) is 13.8 Å². The number of anilines is 1. The van der Waals surface area contributed by atoms with Crippen LogP contribution in [0.4, 0.5) is 18.2 Å². The second-order valence-electron chi connectivity index (χ2n) is 6.39. The molecule has 2 rings (SSSR count). The number of carbonyl (C=O) groups is 3. The quantitative estimate of drug-likeness (QED) is 0.488. The molecule has 0 aliphatic rings. The highest BCUT2D eigenvalue weighted by atomic mass is 35.5. The van der Waals surface area contributed by atoms with Gasteiger partial charge in [0.1, 0.15) is 11.0 Å². The Bertz CT molecular complexity index is 1010. The van der Waals surface area contributed by atoms with Gasteiger partial charge in [-0.2, -0.15) is 18.3 Å². The van der Waals surface area contributed by atoms with Crippen LogP contribution >= 0.6 is 22.9 Å². The van der Waals surface area contributed by atoms with E-state index in [1.165, 1.54) is 20.8 Å². The second-order valence-corrected chi connectivity index (χ2v) is 7.79. The van der Waals surface area contributed by atoms with Crippen LogP contribution in [0.5, 0.6) is 0 Å². The highest BCUT2D eigenvalue weighted by Crippen LogP contribution is 2.37. The first-order valence-electron chi connectivity index (χ1n) is 8.75. The minimum Gasteiger partial charge on any atom is -0.462 e. The molecule has 30 heavy (non-hydrogen) atoms. The van der Waals surface area contributed by atoms with Crippen LogP contribution in [0.1, 0.15) is 63.8 Å². The molecule has 0 bridgehead atoms. The number of alkyl halides is 3. The molecule has 1 N–H and O–H groups in total. The van der Waals surface area contributed by atoms with Crippen molar-refractivity contribution >= 4 is 45.6 Å². The first-order chi connectivity index (χ1) is 13.8. The summed E-state index contributed by atoms with van der Waals surface area (Å²) in [6.45, 7) is 7.19. The van der Waals surface area contributed by atoms with Crippen LogP contribution < -0.4 is 5.32 Å². The number of hydrogen-bond acceptors (Lipinski definition) is 6. The molecule has 1 amide bonds. The van der Waals surface area contributed by atoms with Gasteiger partial charge in [-0.05, 0) is 40.2 Å². The molecule has 0 saturated heterocycles. The standard InChI is InChI=1S/C18H19ClF3N3O4S/c1-6-29-17(28)11-7(2)13(10(5)26)30-16(11)23-15(27)9(4)25-8(3)12(19)14(24-25)18(20,21)22/h9H,6H2,1-5H3,(H,23,27). The molecule has 0 aromatic carbocycles. The first kappa shape index (κ1) is 23.9. The fourth-order valence-electron chi connectivity index (χ4n) is 2.77. The van der Waals surface area contributed by atoms with Crippen molar-refractivity contribution < 1.29 is 32.3 Å². The number of thiophene rings is 1. The van der Waals surface area contributed by atoms with E-state index in [-0.39, 0.29) is 33.5 Å². The molecule has 12 heteroatoms. The van der Waals surface area contributed by atoms with E-state index < -0.39 is 34.8 Å². The zero-order valence-corrected chi connectivity index (χ0v) is 18.3. The summed E-state index contributed by atoms with van der Waals surface area (Å²) in [4.78, 5) is 37.2. The van der Waals surface area contributed by atoms with Gasteiger partial charge in [0.25, 0.3) is 0 Å². The number of nitrogens with zero attached hydrogens (tertiary/aromatic N) is 2. The minimum absolute atomic E-state index is 0.0267. The molecule has 0 radical (unpaired) electrons. The summed E-state index contributed by atoms with van der Waals surface area (Å²) in [6.07, 6.45) is -4.78. The van der Waals surface area contributed by atoms with Crippen LogP contribution in [0.2, 0.25) is 5.02 Å². The molecular weight excluding hydrogens is 447 g/mol. The van der Waals surface area contributed by atoms with E-state index in [9.17, 15) is 27.6 Å². The molecule has 0 saturated carbocycles. The lowest BCUT2D eigenvalue weighted by Gasteiger charge is -2.14. The first-order valence-corrected chi connectivity index (χ1v) is 9.94. The Morgan fingerprint density at radius 3 is 2.37 bits per heavy atom. The Balaban J connectivity index is 2.42. The van der Waals surface area contributed by atoms with Gasteiger partial charge >= 0.3 is 12.1 Å². The number of ketones is 1. The molecule has 2 heterocycles. The highest BCUT2D eigenvalue weighted by Gasteiger charge is 2.39. The number of hydrogen-bond donors (Lipinski definition) is 1. The van der Waals surface area contributed by atoms with Crippen LogP contribution in [0.25, 0.3) is 0 Å². The van der Waals surface area contributed by atoms with Gasteiger partial charge in [-0.3, -0.25) is 14.3 Å². The molecular formula is C18H19ClF3N3O4S. The van der Waals surface area contributed by atoms with Gasteiger partial charge in [-0.1, -0.05) is 11.6 Å². The normalized spacial score (nSPS) is 12.6. The zero-order valence-electron chi connectivity index (χ0n) is 16.7. The Morgan fingerprint density at radius 2 is 1.90 bits per heavy atom. The Morgan fingerprint density at radius 1 is 1.30 bits per heavy atom. The largest absolute Gasteiger partial charge is 0.462 e. The van der Waals surface area contributed by atoms with Gasteiger partial charge in [-0.15, -0.1) is 11.3 Å². The predicted molar refractivity (Wildman–Crippen MR) is 105 cm³/mol. The number of nitrogens with one attached hydrogen (secondary N) is 1. The van der Waals surface area contributed by atoms with Crippen molar-refractivity contribution in [2.75, 3.05) is 11.9 Å². The number of ether oxygens (including phenoxy) is 1. The van der Waals surface area contributed by atoms with Crippen molar-refractivity contribution in [2.24, 2.45) is 0 Å². The third-order valence-electron chi connectivity index (χ3n) is 4.27. The number of aromatic nitrogens is 2. The van der Waals surface area contributed by atoms with Crippen molar-refractivity contribution in [3.8, 4) is 0 Å². The summed E-state index contributed by atoms with van der Waals surface area (Å²) in [5.74, 6) is -1.77. The molecule has 1 atom stereocenters.